The number of nitriles is 1. The summed E-state index contributed by atoms with van der Waals surface area (Å²) in [5.74, 6) is -2.94. The van der Waals surface area contributed by atoms with Crippen molar-refractivity contribution in [3.05, 3.63) is 91.6 Å². The molecule has 0 radical (unpaired) electrons. The van der Waals surface area contributed by atoms with Gasteiger partial charge in [0.25, 0.3) is 11.8 Å². The van der Waals surface area contributed by atoms with E-state index in [4.69, 9.17) is 10.4 Å². The van der Waals surface area contributed by atoms with E-state index in [0.29, 0.717) is 0 Å². The van der Waals surface area contributed by atoms with E-state index < -0.39 is 61.4 Å². The quantitative estimate of drug-likeness (QED) is 0.179. The number of hydrogen-bond acceptors (Lipinski definition) is 5. The predicted molar refractivity (Wildman–Crippen MR) is 151 cm³/mol. The average molecular weight is 760 g/mol. The van der Waals surface area contributed by atoms with Crippen molar-refractivity contribution < 1.29 is 44.7 Å². The summed E-state index contributed by atoms with van der Waals surface area (Å²) in [5, 5.41) is 16.6. The molecule has 3 aromatic rings. The van der Waals surface area contributed by atoms with Gasteiger partial charge >= 0.3 is 18.0 Å². The summed E-state index contributed by atoms with van der Waals surface area (Å²) < 4.78 is 108. The first kappa shape index (κ1) is 34.3. The molecule has 3 N–H and O–H groups in total. The maximum absolute atomic E-state index is 15.7. The minimum atomic E-state index is -6.37. The number of halogens is 10. The van der Waals surface area contributed by atoms with Crippen molar-refractivity contribution in [3.63, 3.8) is 0 Å². The fourth-order valence-electron chi connectivity index (χ4n) is 3.78. The summed E-state index contributed by atoms with van der Waals surface area (Å²) in [6.45, 7) is -0.107. The van der Waals surface area contributed by atoms with Crippen LogP contribution in [0.4, 0.5) is 46.5 Å². The van der Waals surface area contributed by atoms with Gasteiger partial charge in [0.1, 0.15) is 0 Å². The molecule has 0 aliphatic rings. The Bertz CT molecular complexity index is 1540. The Labute approximate surface area is 259 Å². The van der Waals surface area contributed by atoms with E-state index in [1.54, 1.807) is 0 Å². The number of alkyl halides is 7. The molecule has 6 nitrogen and oxygen atoms in total. The van der Waals surface area contributed by atoms with Gasteiger partial charge in [-0.25, -0.2) is 8.78 Å². The maximum atomic E-state index is 15.7. The van der Waals surface area contributed by atoms with Crippen LogP contribution in [0.25, 0.3) is 0 Å². The number of carbonyl (C=O) groups excluding carboxylic acids is 2. The number of nitrogens with one attached hydrogen (secondary N) is 1. The van der Waals surface area contributed by atoms with Crippen LogP contribution in [0.1, 0.15) is 31.8 Å². The molecule has 0 saturated carbocycles. The normalized spacial score (nSPS) is 12.0. The minimum absolute atomic E-state index is 0.0879. The second kappa shape index (κ2) is 13.2. The molecule has 17 heteroatoms. The van der Waals surface area contributed by atoms with Gasteiger partial charge in [0.15, 0.2) is 5.82 Å². The molecule has 0 aliphatic carbocycles. The van der Waals surface area contributed by atoms with Crippen LogP contribution >= 0.6 is 43.8 Å². The molecular weight excluding hydrogens is 744 g/mol. The van der Waals surface area contributed by atoms with Crippen molar-refractivity contribution in [3.8, 4) is 6.07 Å². The largest absolute Gasteiger partial charge is 0.435 e. The number of amides is 2. The molecule has 0 aromatic heterocycles. The fraction of sp³-hybridized carbons (Fsp3) is 0.192. The first-order chi connectivity index (χ1) is 20.0. The van der Waals surface area contributed by atoms with E-state index in [-0.39, 0.29) is 41.2 Å². The smallest absolute Gasteiger partial charge is 0.320 e. The lowest BCUT2D eigenvalue weighted by Gasteiger charge is -2.31. The van der Waals surface area contributed by atoms with Crippen LogP contribution in [0.3, 0.4) is 0 Å². The van der Waals surface area contributed by atoms with Gasteiger partial charge in [-0.2, -0.15) is 31.6 Å². The van der Waals surface area contributed by atoms with Crippen LogP contribution in [0.5, 0.6) is 0 Å². The van der Waals surface area contributed by atoms with Gasteiger partial charge < -0.3 is 10.2 Å². The van der Waals surface area contributed by atoms with Gasteiger partial charge in [0, 0.05) is 32.4 Å². The third-order valence-corrected chi connectivity index (χ3v) is 7.58. The highest BCUT2D eigenvalue weighted by molar-refractivity contribution is 9.11. The number of nitrogens with two attached hydrogens (primary N) is 1. The highest BCUT2D eigenvalue weighted by atomic mass is 79.9. The van der Waals surface area contributed by atoms with Crippen molar-refractivity contribution in [2.45, 2.75) is 18.0 Å². The zero-order chi connectivity index (χ0) is 32.3. The summed E-state index contributed by atoms with van der Waals surface area (Å²) in [5.41, 5.74) is -8.64. The Morgan fingerprint density at radius 1 is 0.953 bits per heavy atom. The number of benzene rings is 3. The third kappa shape index (κ3) is 6.97. The number of carbonyl (C=O) groups is 2. The molecule has 0 aliphatic heterocycles. The predicted octanol–water partition coefficient (Wildman–Crippen LogP) is 8.02. The first-order valence-corrected chi connectivity index (χ1v) is 14.2. The fourth-order valence-corrected chi connectivity index (χ4v) is 5.46. The van der Waals surface area contributed by atoms with E-state index in [0.717, 1.165) is 22.9 Å². The molecular formula is C26H16Br2F8N4O2S. The van der Waals surface area contributed by atoms with Crippen LogP contribution < -0.4 is 15.4 Å². The SMILES string of the molecule is N#Cc1ccc(C(=O)N(CCSN)c2cccc(C(=O)Nc3c(Br)cc(C(F)(C(F)(F)F)C(F)(F)F)cc3Br)c2F)cc1. The minimum Gasteiger partial charge on any atom is -0.320 e. The lowest BCUT2D eigenvalue weighted by Crippen LogP contribution is -2.50. The number of anilines is 2. The monoisotopic (exact) mass is 758 g/mol. The number of nitrogens with zero attached hydrogens (tertiary/aromatic N) is 2. The molecule has 3 aromatic carbocycles. The number of hydrogen-bond donors (Lipinski definition) is 2. The Balaban J connectivity index is 2.00. The van der Waals surface area contributed by atoms with Gasteiger partial charge in [-0.1, -0.05) is 18.0 Å². The lowest BCUT2D eigenvalue weighted by atomic mass is 9.94. The molecule has 2 amide bonds. The van der Waals surface area contributed by atoms with E-state index in [9.17, 15) is 40.3 Å². The number of rotatable bonds is 8. The van der Waals surface area contributed by atoms with Crippen LogP contribution in [-0.4, -0.2) is 36.5 Å². The van der Waals surface area contributed by atoms with E-state index in [1.807, 2.05) is 6.07 Å². The van der Waals surface area contributed by atoms with Gasteiger partial charge in [0.05, 0.1) is 28.6 Å². The second-order valence-electron chi connectivity index (χ2n) is 8.58. The zero-order valence-corrected chi connectivity index (χ0v) is 25.1. The molecule has 0 unspecified atom stereocenters. The highest BCUT2D eigenvalue weighted by Crippen LogP contribution is 2.54. The standard InChI is InChI=1S/C26H16Br2F8N4O2S/c27-17-10-15(24(30,25(31,32)33)26(34,35)36)11-18(28)21(17)39-22(41)16-2-1-3-19(20(16)29)40(8-9-43-38)23(42)14-6-4-13(12-37)5-7-14/h1-7,10-11H,8-9,38H2,(H,39,41). The van der Waals surface area contributed by atoms with Crippen molar-refractivity contribution in [1.29, 1.82) is 5.26 Å². The van der Waals surface area contributed by atoms with Gasteiger partial charge in [0.2, 0.25) is 0 Å². The van der Waals surface area contributed by atoms with Crippen molar-refractivity contribution >= 4 is 67.0 Å². The Morgan fingerprint density at radius 3 is 2.00 bits per heavy atom. The average Bonchev–Trinajstić information content (AvgIpc) is 2.93. The first-order valence-electron chi connectivity index (χ1n) is 11.5. The van der Waals surface area contributed by atoms with Gasteiger partial charge in [-0.15, -0.1) is 0 Å². The molecule has 0 bridgehead atoms. The van der Waals surface area contributed by atoms with Crippen molar-refractivity contribution in [1.82, 2.24) is 0 Å². The Hall–Kier alpha value is -3.20. The van der Waals surface area contributed by atoms with E-state index in [1.165, 1.54) is 36.4 Å². The summed E-state index contributed by atoms with van der Waals surface area (Å²) in [7, 11) is 0. The summed E-state index contributed by atoms with van der Waals surface area (Å²) in [4.78, 5) is 27.3. The van der Waals surface area contributed by atoms with Crippen molar-refractivity contribution in [2.24, 2.45) is 5.14 Å². The lowest BCUT2D eigenvalue weighted by molar-refractivity contribution is -0.348. The van der Waals surface area contributed by atoms with Crippen molar-refractivity contribution in [2.75, 3.05) is 22.5 Å². The molecule has 0 heterocycles. The molecule has 3 rings (SSSR count). The van der Waals surface area contributed by atoms with Crippen LogP contribution in [-0.2, 0) is 5.67 Å². The summed E-state index contributed by atoms with van der Waals surface area (Å²) >= 11 is 6.33. The molecule has 0 saturated heterocycles. The zero-order valence-electron chi connectivity index (χ0n) is 21.1. The summed E-state index contributed by atoms with van der Waals surface area (Å²) in [6.07, 6.45) is -12.7. The topological polar surface area (TPSA) is 99.2 Å². The Morgan fingerprint density at radius 2 is 1.51 bits per heavy atom. The van der Waals surface area contributed by atoms with Gasteiger partial charge in [-0.05, 0) is 80.4 Å². The maximum Gasteiger partial charge on any atom is 0.435 e. The van der Waals surface area contributed by atoms with E-state index >= 15 is 4.39 Å². The van der Waals surface area contributed by atoms with Crippen LogP contribution in [0, 0.1) is 17.1 Å². The molecule has 43 heavy (non-hydrogen) atoms. The second-order valence-corrected chi connectivity index (χ2v) is 11.0. The molecule has 0 fully saturated rings. The van der Waals surface area contributed by atoms with E-state index in [2.05, 4.69) is 37.2 Å². The summed E-state index contributed by atoms with van der Waals surface area (Å²) in [6, 6.07) is 11.2. The molecule has 0 atom stereocenters. The van der Waals surface area contributed by atoms with Crippen LogP contribution in [0.15, 0.2) is 63.5 Å². The Kier molecular flexibility index (Phi) is 10.5. The highest BCUT2D eigenvalue weighted by Gasteiger charge is 2.73. The van der Waals surface area contributed by atoms with Gasteiger partial charge in [-0.3, -0.25) is 14.7 Å². The molecule has 228 valence electrons. The van der Waals surface area contributed by atoms with Crippen LogP contribution in [0.2, 0.25) is 0 Å². The molecule has 0 spiro atoms. The third-order valence-electron chi connectivity index (χ3n) is 5.91.